The van der Waals surface area contributed by atoms with Crippen LogP contribution in [0, 0.1) is 0 Å². The molecule has 0 aliphatic heterocycles. The first-order valence-corrected chi connectivity index (χ1v) is 17.6. The molecule has 0 fully saturated rings. The zero-order valence-corrected chi connectivity index (χ0v) is 27.7. The van der Waals surface area contributed by atoms with Gasteiger partial charge in [-0.1, -0.05) is 164 Å². The van der Waals surface area contributed by atoms with Gasteiger partial charge in [0.2, 0.25) is 0 Å². The van der Waals surface area contributed by atoms with E-state index >= 15 is 0 Å². The SMILES string of the molecule is c1ccc2c(c1)ccc1cccc(-c3c4ccccc4c(-c4ccc5cc(-c6cccc7c6oc6ccccc67)ccc5c4)c4ccccc34)c12. The zero-order valence-electron chi connectivity index (χ0n) is 27.7. The fourth-order valence-corrected chi connectivity index (χ4v) is 8.54. The van der Waals surface area contributed by atoms with Crippen LogP contribution in [-0.2, 0) is 0 Å². The minimum absolute atomic E-state index is 0.921. The fraction of sp³-hybridized carbons (Fsp3) is 0. The first kappa shape index (κ1) is 28.2. The Hall–Kier alpha value is -6.70. The summed E-state index contributed by atoms with van der Waals surface area (Å²) in [7, 11) is 0. The van der Waals surface area contributed by atoms with Crippen LogP contribution in [-0.4, -0.2) is 0 Å². The summed E-state index contributed by atoms with van der Waals surface area (Å²) in [6.45, 7) is 0. The summed E-state index contributed by atoms with van der Waals surface area (Å²) in [6, 6.07) is 66.4. The summed E-state index contributed by atoms with van der Waals surface area (Å²) in [5.41, 5.74) is 9.18. The Bertz CT molecular complexity index is 3140. The van der Waals surface area contributed by atoms with Gasteiger partial charge in [-0.2, -0.15) is 0 Å². The molecule has 1 aromatic heterocycles. The van der Waals surface area contributed by atoms with Crippen LogP contribution < -0.4 is 0 Å². The highest BCUT2D eigenvalue weighted by atomic mass is 16.3. The van der Waals surface area contributed by atoms with Gasteiger partial charge in [-0.3, -0.25) is 0 Å². The van der Waals surface area contributed by atoms with Crippen LogP contribution >= 0.6 is 0 Å². The van der Waals surface area contributed by atoms with Gasteiger partial charge in [-0.05, 0) is 99.9 Å². The maximum Gasteiger partial charge on any atom is 0.143 e. The van der Waals surface area contributed by atoms with Crippen molar-refractivity contribution in [2.75, 3.05) is 0 Å². The fourth-order valence-electron chi connectivity index (χ4n) is 8.54. The standard InChI is InChI=1S/C50H30O/c1-2-13-37-31(11-1)23-24-32-12-9-21-45(47(32)37)49-42-17-5-3-15-40(42)48(41-16-4-6-18-43(41)49)36-28-26-33-29-35(27-25-34(33)30-36)38-19-10-20-44-39-14-7-8-22-46(39)51-50(38)44/h1-30H. The Morgan fingerprint density at radius 2 is 0.804 bits per heavy atom. The third kappa shape index (κ3) is 4.22. The Kier molecular flexibility index (Phi) is 6.02. The molecular weight excluding hydrogens is 617 g/mol. The molecule has 0 radical (unpaired) electrons. The lowest BCUT2D eigenvalue weighted by Gasteiger charge is -2.19. The second-order valence-corrected chi connectivity index (χ2v) is 13.6. The molecule has 0 amide bonds. The average molecular weight is 647 g/mol. The van der Waals surface area contributed by atoms with Gasteiger partial charge >= 0.3 is 0 Å². The van der Waals surface area contributed by atoms with Crippen molar-refractivity contribution in [1.29, 1.82) is 0 Å². The molecule has 0 saturated carbocycles. The van der Waals surface area contributed by atoms with Crippen molar-refractivity contribution in [2.24, 2.45) is 0 Å². The molecule has 0 saturated heterocycles. The molecule has 10 aromatic carbocycles. The molecule has 1 heteroatoms. The largest absolute Gasteiger partial charge is 0.455 e. The third-order valence-corrected chi connectivity index (χ3v) is 10.8. The van der Waals surface area contributed by atoms with Crippen molar-refractivity contribution >= 4 is 75.8 Å². The number of hydrogen-bond acceptors (Lipinski definition) is 1. The first-order chi connectivity index (χ1) is 25.3. The number of furan rings is 1. The zero-order chi connectivity index (χ0) is 33.5. The Labute approximate surface area is 294 Å². The van der Waals surface area contributed by atoms with Crippen LogP contribution in [0.4, 0.5) is 0 Å². The van der Waals surface area contributed by atoms with E-state index in [1.54, 1.807) is 0 Å². The van der Waals surface area contributed by atoms with Gasteiger partial charge in [0.25, 0.3) is 0 Å². The summed E-state index contributed by atoms with van der Waals surface area (Å²) in [5.74, 6) is 0. The average Bonchev–Trinajstić information content (AvgIpc) is 3.58. The molecule has 0 atom stereocenters. The number of rotatable bonds is 3. The molecule has 0 bridgehead atoms. The molecule has 236 valence electrons. The van der Waals surface area contributed by atoms with Crippen molar-refractivity contribution < 1.29 is 4.42 Å². The van der Waals surface area contributed by atoms with E-state index in [9.17, 15) is 0 Å². The van der Waals surface area contributed by atoms with Gasteiger partial charge in [-0.25, -0.2) is 0 Å². The molecule has 0 aliphatic carbocycles. The molecule has 1 nitrogen and oxygen atoms in total. The quantitative estimate of drug-likeness (QED) is 0.138. The summed E-state index contributed by atoms with van der Waals surface area (Å²) in [4.78, 5) is 0. The molecule has 0 unspecified atom stereocenters. The predicted octanol–water partition coefficient (Wildman–Crippen LogP) is 14.4. The summed E-state index contributed by atoms with van der Waals surface area (Å²) >= 11 is 0. The van der Waals surface area contributed by atoms with E-state index < -0.39 is 0 Å². The van der Waals surface area contributed by atoms with Gasteiger partial charge in [0.05, 0.1) is 0 Å². The summed E-state index contributed by atoms with van der Waals surface area (Å²) in [6.07, 6.45) is 0. The molecule has 51 heavy (non-hydrogen) atoms. The number of para-hydroxylation sites is 2. The van der Waals surface area contributed by atoms with Crippen molar-refractivity contribution in [3.63, 3.8) is 0 Å². The monoisotopic (exact) mass is 646 g/mol. The van der Waals surface area contributed by atoms with Crippen LogP contribution in [0.2, 0.25) is 0 Å². The molecular formula is C50H30O. The van der Waals surface area contributed by atoms with E-state index in [2.05, 4.69) is 170 Å². The number of hydrogen-bond donors (Lipinski definition) is 0. The number of benzene rings is 10. The lowest BCUT2D eigenvalue weighted by atomic mass is 9.83. The normalized spacial score (nSPS) is 11.9. The highest BCUT2D eigenvalue weighted by molar-refractivity contribution is 6.26. The second-order valence-electron chi connectivity index (χ2n) is 13.6. The Morgan fingerprint density at radius 3 is 1.57 bits per heavy atom. The second kappa shape index (κ2) is 10.9. The topological polar surface area (TPSA) is 13.1 Å². The number of fused-ring (bicyclic) bond motifs is 9. The van der Waals surface area contributed by atoms with E-state index in [1.165, 1.54) is 76.1 Å². The van der Waals surface area contributed by atoms with Crippen LogP contribution in [0.15, 0.2) is 186 Å². The van der Waals surface area contributed by atoms with E-state index in [-0.39, 0.29) is 0 Å². The lowest BCUT2D eigenvalue weighted by molar-refractivity contribution is 0.670. The summed E-state index contributed by atoms with van der Waals surface area (Å²) < 4.78 is 6.40. The van der Waals surface area contributed by atoms with E-state index in [4.69, 9.17) is 4.42 Å². The minimum atomic E-state index is 0.921. The van der Waals surface area contributed by atoms with Gasteiger partial charge in [-0.15, -0.1) is 0 Å². The first-order valence-electron chi connectivity index (χ1n) is 17.6. The molecule has 11 aromatic rings. The molecule has 11 rings (SSSR count). The lowest BCUT2D eigenvalue weighted by Crippen LogP contribution is -1.92. The molecule has 0 aliphatic rings. The third-order valence-electron chi connectivity index (χ3n) is 10.8. The smallest absolute Gasteiger partial charge is 0.143 e. The maximum atomic E-state index is 6.40. The van der Waals surface area contributed by atoms with E-state index in [1.807, 2.05) is 12.1 Å². The van der Waals surface area contributed by atoms with Gasteiger partial charge < -0.3 is 4.42 Å². The summed E-state index contributed by atoms with van der Waals surface area (Å²) in [5, 5.41) is 14.9. The maximum absolute atomic E-state index is 6.40. The van der Waals surface area contributed by atoms with Crippen LogP contribution in [0.25, 0.3) is 109 Å². The molecule has 1 heterocycles. The predicted molar refractivity (Wildman–Crippen MR) is 218 cm³/mol. The van der Waals surface area contributed by atoms with Crippen LogP contribution in [0.3, 0.4) is 0 Å². The van der Waals surface area contributed by atoms with Gasteiger partial charge in [0.15, 0.2) is 0 Å². The van der Waals surface area contributed by atoms with Crippen molar-refractivity contribution in [3.05, 3.63) is 182 Å². The van der Waals surface area contributed by atoms with Crippen LogP contribution in [0.5, 0.6) is 0 Å². The minimum Gasteiger partial charge on any atom is -0.455 e. The van der Waals surface area contributed by atoms with Crippen molar-refractivity contribution in [1.82, 2.24) is 0 Å². The van der Waals surface area contributed by atoms with Crippen molar-refractivity contribution in [3.8, 4) is 33.4 Å². The van der Waals surface area contributed by atoms with Crippen molar-refractivity contribution in [2.45, 2.75) is 0 Å². The molecule has 0 N–H and O–H groups in total. The van der Waals surface area contributed by atoms with Gasteiger partial charge in [0, 0.05) is 16.3 Å². The highest BCUT2D eigenvalue weighted by Gasteiger charge is 2.19. The van der Waals surface area contributed by atoms with E-state index in [0.717, 1.165) is 33.1 Å². The highest BCUT2D eigenvalue weighted by Crippen LogP contribution is 2.47. The van der Waals surface area contributed by atoms with Gasteiger partial charge in [0.1, 0.15) is 11.2 Å². The van der Waals surface area contributed by atoms with Crippen LogP contribution in [0.1, 0.15) is 0 Å². The Balaban J connectivity index is 1.13. The van der Waals surface area contributed by atoms with E-state index in [0.29, 0.717) is 0 Å². The molecule has 0 spiro atoms. The Morgan fingerprint density at radius 1 is 0.294 bits per heavy atom.